The summed E-state index contributed by atoms with van der Waals surface area (Å²) in [6, 6.07) is 0. The fourth-order valence-corrected chi connectivity index (χ4v) is 1.99. The fourth-order valence-electron chi connectivity index (χ4n) is 0.787. The molecule has 0 aromatic rings. The Morgan fingerprint density at radius 2 is 1.67 bits per heavy atom. The van der Waals surface area contributed by atoms with E-state index in [0.29, 0.717) is 5.76 Å². The van der Waals surface area contributed by atoms with Crippen molar-refractivity contribution in [3.8, 4) is 0 Å². The molecule has 0 radical (unpaired) electrons. The zero-order chi connectivity index (χ0) is 9.78. The quantitative estimate of drug-likeness (QED) is 0.381. The minimum absolute atomic E-state index is 0.647. The molecule has 0 fully saturated rings. The van der Waals surface area contributed by atoms with Gasteiger partial charge in [-0.05, 0) is 0 Å². The van der Waals surface area contributed by atoms with E-state index in [0.717, 1.165) is 5.38 Å². The monoisotopic (exact) mass is 186 g/mol. The zero-order valence-electron chi connectivity index (χ0n) is 8.60. The van der Waals surface area contributed by atoms with E-state index >= 15 is 0 Å². The lowest BCUT2D eigenvalue weighted by Gasteiger charge is -2.19. The van der Waals surface area contributed by atoms with Gasteiger partial charge in [-0.25, -0.2) is 0 Å². The Labute approximate surface area is 75.9 Å². The van der Waals surface area contributed by atoms with Crippen molar-refractivity contribution in [1.29, 1.82) is 0 Å². The highest BCUT2D eigenvalue weighted by molar-refractivity contribution is 6.82. The molecule has 0 amide bonds. The van der Waals surface area contributed by atoms with E-state index in [1.54, 1.807) is 14.2 Å². The molecule has 0 rings (SSSR count). The van der Waals surface area contributed by atoms with E-state index in [1.165, 1.54) is 0 Å². The van der Waals surface area contributed by atoms with E-state index < -0.39 is 8.07 Å². The molecule has 70 valence electrons. The first-order valence-corrected chi connectivity index (χ1v) is 7.41. The van der Waals surface area contributed by atoms with Gasteiger partial charge in [-0.1, -0.05) is 26.2 Å². The zero-order valence-corrected chi connectivity index (χ0v) is 9.60. The summed E-state index contributed by atoms with van der Waals surface area (Å²) in [5.74, 6) is 0.647. The third-order valence-corrected chi connectivity index (χ3v) is 3.34. The molecule has 0 aromatic carbocycles. The molecule has 12 heavy (non-hydrogen) atoms. The second kappa shape index (κ2) is 4.35. The average Bonchev–Trinajstić information content (AvgIpc) is 1.97. The van der Waals surface area contributed by atoms with Crippen LogP contribution in [0.4, 0.5) is 0 Å². The Bertz CT molecular complexity index is 189. The Morgan fingerprint density at radius 1 is 1.17 bits per heavy atom. The minimum atomic E-state index is -1.37. The summed E-state index contributed by atoms with van der Waals surface area (Å²) in [6.45, 7) is 10.4. The third-order valence-electron chi connectivity index (χ3n) is 1.51. The maximum Gasteiger partial charge on any atom is 0.122 e. The van der Waals surface area contributed by atoms with Gasteiger partial charge in [-0.3, -0.25) is 0 Å². The first-order chi connectivity index (χ1) is 5.41. The number of rotatable bonds is 4. The summed E-state index contributed by atoms with van der Waals surface area (Å²) in [6.07, 6.45) is 1.87. The van der Waals surface area contributed by atoms with Crippen LogP contribution in [0.25, 0.3) is 0 Å². The van der Waals surface area contributed by atoms with Crippen LogP contribution in [-0.4, -0.2) is 22.3 Å². The van der Waals surface area contributed by atoms with Gasteiger partial charge in [0.25, 0.3) is 0 Å². The first-order valence-electron chi connectivity index (χ1n) is 3.91. The lowest BCUT2D eigenvalue weighted by molar-refractivity contribution is 0.291. The van der Waals surface area contributed by atoms with E-state index in [1.807, 2.05) is 6.08 Å². The molecule has 0 bridgehead atoms. The van der Waals surface area contributed by atoms with Gasteiger partial charge in [0, 0.05) is 6.08 Å². The van der Waals surface area contributed by atoms with E-state index in [2.05, 4.69) is 26.2 Å². The van der Waals surface area contributed by atoms with Gasteiger partial charge in [-0.2, -0.15) is 0 Å². The van der Waals surface area contributed by atoms with Crippen LogP contribution in [0.15, 0.2) is 23.8 Å². The van der Waals surface area contributed by atoms with Crippen molar-refractivity contribution in [3.63, 3.8) is 0 Å². The van der Waals surface area contributed by atoms with E-state index in [4.69, 9.17) is 9.47 Å². The first kappa shape index (κ1) is 11.3. The fraction of sp³-hybridized carbons (Fsp3) is 0.556. The summed E-state index contributed by atoms with van der Waals surface area (Å²) in [5.41, 5.74) is 0. The van der Waals surface area contributed by atoms with Gasteiger partial charge in [0.15, 0.2) is 0 Å². The molecule has 0 heterocycles. The van der Waals surface area contributed by atoms with Crippen LogP contribution in [0, 0.1) is 0 Å². The van der Waals surface area contributed by atoms with Gasteiger partial charge in [0.05, 0.1) is 19.6 Å². The Hall–Kier alpha value is -0.703. The Morgan fingerprint density at radius 3 is 1.92 bits per heavy atom. The van der Waals surface area contributed by atoms with Gasteiger partial charge in [-0.15, -0.1) is 0 Å². The summed E-state index contributed by atoms with van der Waals surface area (Å²) in [7, 11) is 1.93. The number of hydrogen-bond acceptors (Lipinski definition) is 2. The van der Waals surface area contributed by atoms with Crippen molar-refractivity contribution >= 4 is 8.07 Å². The van der Waals surface area contributed by atoms with Gasteiger partial charge >= 0.3 is 0 Å². The van der Waals surface area contributed by atoms with Crippen LogP contribution >= 0.6 is 0 Å². The van der Waals surface area contributed by atoms with Crippen molar-refractivity contribution < 1.29 is 9.47 Å². The Balaban J connectivity index is 4.55. The summed E-state index contributed by atoms with van der Waals surface area (Å²) >= 11 is 0. The topological polar surface area (TPSA) is 18.5 Å². The SMILES string of the molecule is C=C(/C=C(/OC)[Si](C)(C)C)OC. The van der Waals surface area contributed by atoms with Crippen LogP contribution < -0.4 is 0 Å². The van der Waals surface area contributed by atoms with Crippen molar-refractivity contribution in [2.75, 3.05) is 14.2 Å². The number of allylic oxidation sites excluding steroid dienone is 1. The molecule has 0 aromatic heterocycles. The molecule has 2 nitrogen and oxygen atoms in total. The molecular weight excluding hydrogens is 168 g/mol. The second-order valence-electron chi connectivity index (χ2n) is 3.63. The Kier molecular flexibility index (Phi) is 4.10. The predicted octanol–water partition coefficient (Wildman–Crippen LogP) is 2.55. The number of hydrogen-bond donors (Lipinski definition) is 0. The number of methoxy groups -OCH3 is 2. The van der Waals surface area contributed by atoms with Gasteiger partial charge in [0.1, 0.15) is 13.8 Å². The molecular formula is C9H18O2Si. The summed E-state index contributed by atoms with van der Waals surface area (Å²) in [4.78, 5) is 0. The number of ether oxygens (including phenoxy) is 2. The lowest BCUT2D eigenvalue weighted by atomic mass is 10.5. The molecule has 0 aliphatic rings. The largest absolute Gasteiger partial charge is 0.506 e. The molecule has 0 saturated heterocycles. The van der Waals surface area contributed by atoms with Crippen LogP contribution in [0.3, 0.4) is 0 Å². The standard InChI is InChI=1S/C9H18O2Si/c1-8(10-2)7-9(11-3)12(4,5)6/h7H,1H2,2-6H3/b9-7-. The van der Waals surface area contributed by atoms with Gasteiger partial charge in [0.2, 0.25) is 0 Å². The highest BCUT2D eigenvalue weighted by atomic mass is 28.3. The smallest absolute Gasteiger partial charge is 0.122 e. The van der Waals surface area contributed by atoms with Crippen LogP contribution in [0.5, 0.6) is 0 Å². The molecule has 0 spiro atoms. The van der Waals surface area contributed by atoms with Crippen molar-refractivity contribution in [2.45, 2.75) is 19.6 Å². The summed E-state index contributed by atoms with van der Waals surface area (Å²) in [5, 5.41) is 1.01. The maximum absolute atomic E-state index is 5.27. The highest BCUT2D eigenvalue weighted by Gasteiger charge is 2.20. The molecule has 0 aliphatic heterocycles. The average molecular weight is 186 g/mol. The van der Waals surface area contributed by atoms with Crippen LogP contribution in [0.1, 0.15) is 0 Å². The molecule has 3 heteroatoms. The third kappa shape index (κ3) is 3.62. The summed E-state index contributed by atoms with van der Waals surface area (Å²) < 4.78 is 10.2. The minimum Gasteiger partial charge on any atom is -0.506 e. The van der Waals surface area contributed by atoms with Gasteiger partial charge < -0.3 is 9.47 Å². The molecule has 0 unspecified atom stereocenters. The maximum atomic E-state index is 5.27. The predicted molar refractivity (Wildman–Crippen MR) is 54.6 cm³/mol. The molecule has 0 saturated carbocycles. The molecule has 0 N–H and O–H groups in total. The second-order valence-corrected chi connectivity index (χ2v) is 8.63. The van der Waals surface area contributed by atoms with Crippen molar-refractivity contribution in [2.24, 2.45) is 0 Å². The van der Waals surface area contributed by atoms with E-state index in [9.17, 15) is 0 Å². The van der Waals surface area contributed by atoms with Crippen LogP contribution in [0.2, 0.25) is 19.6 Å². The normalized spacial score (nSPS) is 12.6. The van der Waals surface area contributed by atoms with Crippen LogP contribution in [-0.2, 0) is 9.47 Å². The molecule has 0 aliphatic carbocycles. The lowest BCUT2D eigenvalue weighted by Crippen LogP contribution is -2.25. The van der Waals surface area contributed by atoms with Crippen molar-refractivity contribution in [3.05, 3.63) is 23.8 Å². The van der Waals surface area contributed by atoms with E-state index in [-0.39, 0.29) is 0 Å². The van der Waals surface area contributed by atoms with Crippen molar-refractivity contribution in [1.82, 2.24) is 0 Å². The highest BCUT2D eigenvalue weighted by Crippen LogP contribution is 2.16. The molecule has 0 atom stereocenters.